The fourth-order valence-electron chi connectivity index (χ4n) is 1.41. The minimum absolute atomic E-state index is 0.505. The average Bonchev–Trinajstić information content (AvgIpc) is 2.88. The Bertz CT molecular complexity index is 600. The highest BCUT2D eigenvalue weighted by atomic mass is 35.5. The number of H-pyrrole nitrogens is 1. The number of fused-ring (bicyclic) bond motifs is 1. The first-order chi connectivity index (χ1) is 7.34. The highest BCUT2D eigenvalue weighted by molar-refractivity contribution is 7.16. The van der Waals surface area contributed by atoms with Crippen molar-refractivity contribution in [1.82, 2.24) is 15.0 Å². The Morgan fingerprint density at radius 2 is 2.20 bits per heavy atom. The van der Waals surface area contributed by atoms with E-state index in [1.807, 2.05) is 29.8 Å². The molecular weight excluding hydrogens is 230 g/mol. The molecule has 5 heteroatoms. The molecule has 0 aromatic carbocycles. The minimum Gasteiger partial charge on any atom is -0.359 e. The lowest BCUT2D eigenvalue weighted by Gasteiger charge is -1.98. The minimum atomic E-state index is 0.505. The first kappa shape index (κ1) is 8.88. The van der Waals surface area contributed by atoms with E-state index < -0.39 is 0 Å². The van der Waals surface area contributed by atoms with Crippen molar-refractivity contribution in [3.05, 3.63) is 34.9 Å². The second-order valence-electron chi connectivity index (χ2n) is 3.06. The van der Waals surface area contributed by atoms with Crippen LogP contribution in [-0.4, -0.2) is 15.0 Å². The van der Waals surface area contributed by atoms with Gasteiger partial charge in [0.15, 0.2) is 5.82 Å². The summed E-state index contributed by atoms with van der Waals surface area (Å²) in [6.07, 6.45) is 1.84. The van der Waals surface area contributed by atoms with E-state index in [2.05, 4.69) is 15.0 Å². The molecule has 0 saturated carbocycles. The summed E-state index contributed by atoms with van der Waals surface area (Å²) >= 11 is 7.63. The van der Waals surface area contributed by atoms with Crippen LogP contribution in [-0.2, 0) is 0 Å². The molecule has 3 heterocycles. The van der Waals surface area contributed by atoms with Crippen molar-refractivity contribution in [2.24, 2.45) is 0 Å². The predicted molar refractivity (Wildman–Crippen MR) is 62.2 cm³/mol. The second-order valence-corrected chi connectivity index (χ2v) is 4.31. The molecule has 0 aliphatic carbocycles. The van der Waals surface area contributed by atoms with Crippen LogP contribution in [0.25, 0.3) is 21.7 Å². The maximum absolute atomic E-state index is 6.06. The number of thiophene rings is 1. The Hall–Kier alpha value is -1.39. The Morgan fingerprint density at radius 3 is 3.00 bits per heavy atom. The molecule has 0 amide bonds. The van der Waals surface area contributed by atoms with Crippen LogP contribution in [0.15, 0.2) is 29.8 Å². The standard InChI is InChI=1S/C10H6ClN3S/c11-8-6-3-5-15-10(6)14-9(13-8)7-2-1-4-12-7/h1-5,12H. The molecule has 0 atom stereocenters. The average molecular weight is 236 g/mol. The molecule has 3 rings (SSSR count). The van der Waals surface area contributed by atoms with Crippen molar-refractivity contribution in [1.29, 1.82) is 0 Å². The number of hydrogen-bond acceptors (Lipinski definition) is 3. The van der Waals surface area contributed by atoms with Crippen LogP contribution in [0.3, 0.4) is 0 Å². The summed E-state index contributed by atoms with van der Waals surface area (Å²) in [6.45, 7) is 0. The maximum Gasteiger partial charge on any atom is 0.178 e. The molecule has 3 aromatic rings. The van der Waals surface area contributed by atoms with Gasteiger partial charge in [-0.2, -0.15) is 0 Å². The van der Waals surface area contributed by atoms with Gasteiger partial charge in [-0.25, -0.2) is 9.97 Å². The number of nitrogens with zero attached hydrogens (tertiary/aromatic N) is 2. The SMILES string of the molecule is Clc1nc(-c2ccc[nH]2)nc2sccc12. The predicted octanol–water partition coefficient (Wildman–Crippen LogP) is 3.34. The third kappa shape index (κ3) is 1.42. The molecule has 15 heavy (non-hydrogen) atoms. The summed E-state index contributed by atoms with van der Waals surface area (Å²) in [5, 5.41) is 3.38. The van der Waals surface area contributed by atoms with Gasteiger partial charge in [0.05, 0.1) is 5.69 Å². The van der Waals surface area contributed by atoms with Gasteiger partial charge < -0.3 is 4.98 Å². The largest absolute Gasteiger partial charge is 0.359 e. The monoisotopic (exact) mass is 235 g/mol. The molecule has 0 aliphatic heterocycles. The molecule has 0 aliphatic rings. The molecule has 0 spiro atoms. The van der Waals surface area contributed by atoms with E-state index in [0.29, 0.717) is 11.0 Å². The number of aromatic amines is 1. The van der Waals surface area contributed by atoms with Crippen LogP contribution in [0, 0.1) is 0 Å². The van der Waals surface area contributed by atoms with Crippen molar-refractivity contribution in [3.8, 4) is 11.5 Å². The normalized spacial score (nSPS) is 11.0. The fraction of sp³-hybridized carbons (Fsp3) is 0. The smallest absolute Gasteiger partial charge is 0.178 e. The van der Waals surface area contributed by atoms with Crippen LogP contribution in [0.5, 0.6) is 0 Å². The molecule has 74 valence electrons. The molecule has 3 nitrogen and oxygen atoms in total. The van der Waals surface area contributed by atoms with Gasteiger partial charge >= 0.3 is 0 Å². The van der Waals surface area contributed by atoms with Crippen molar-refractivity contribution in [2.45, 2.75) is 0 Å². The molecule has 0 unspecified atom stereocenters. The van der Waals surface area contributed by atoms with Crippen molar-refractivity contribution >= 4 is 33.2 Å². The van der Waals surface area contributed by atoms with Gasteiger partial charge in [0.25, 0.3) is 0 Å². The Balaban J connectivity index is 2.29. The first-order valence-corrected chi connectivity index (χ1v) is 5.65. The van der Waals surface area contributed by atoms with Crippen LogP contribution < -0.4 is 0 Å². The molecule has 1 N–H and O–H groups in total. The van der Waals surface area contributed by atoms with Gasteiger partial charge in [0, 0.05) is 11.6 Å². The van der Waals surface area contributed by atoms with Crippen LogP contribution in [0.2, 0.25) is 5.15 Å². The summed E-state index contributed by atoms with van der Waals surface area (Å²) in [6, 6.07) is 5.76. The Kier molecular flexibility index (Phi) is 1.97. The summed E-state index contributed by atoms with van der Waals surface area (Å²) in [5.41, 5.74) is 0.882. The molecule has 0 saturated heterocycles. The lowest BCUT2D eigenvalue weighted by molar-refractivity contribution is 1.20. The zero-order valence-corrected chi connectivity index (χ0v) is 9.14. The number of hydrogen-bond donors (Lipinski definition) is 1. The molecular formula is C10H6ClN3S. The van der Waals surface area contributed by atoms with Gasteiger partial charge in [0.1, 0.15) is 9.98 Å². The maximum atomic E-state index is 6.06. The lowest BCUT2D eigenvalue weighted by atomic mass is 10.4. The van der Waals surface area contributed by atoms with E-state index in [1.165, 1.54) is 0 Å². The number of halogens is 1. The second kappa shape index (κ2) is 3.32. The molecule has 0 radical (unpaired) electrons. The third-order valence-corrected chi connectivity index (χ3v) is 3.21. The quantitative estimate of drug-likeness (QED) is 0.658. The Morgan fingerprint density at radius 1 is 1.27 bits per heavy atom. The van der Waals surface area contributed by atoms with E-state index in [0.717, 1.165) is 15.9 Å². The zero-order valence-electron chi connectivity index (χ0n) is 7.57. The van der Waals surface area contributed by atoms with E-state index in [-0.39, 0.29) is 0 Å². The summed E-state index contributed by atoms with van der Waals surface area (Å²) in [4.78, 5) is 12.7. The van der Waals surface area contributed by atoms with Crippen molar-refractivity contribution in [2.75, 3.05) is 0 Å². The van der Waals surface area contributed by atoms with Crippen LogP contribution in [0.1, 0.15) is 0 Å². The lowest BCUT2D eigenvalue weighted by Crippen LogP contribution is -1.89. The highest BCUT2D eigenvalue weighted by Crippen LogP contribution is 2.27. The number of aromatic nitrogens is 3. The van der Waals surface area contributed by atoms with Crippen molar-refractivity contribution < 1.29 is 0 Å². The van der Waals surface area contributed by atoms with Gasteiger partial charge in [-0.1, -0.05) is 11.6 Å². The Labute approximate surface area is 94.8 Å². The number of rotatable bonds is 1. The molecule has 0 bridgehead atoms. The van der Waals surface area contributed by atoms with Gasteiger partial charge in [-0.05, 0) is 23.6 Å². The summed E-state index contributed by atoms with van der Waals surface area (Å²) in [5.74, 6) is 0.639. The van der Waals surface area contributed by atoms with Crippen LogP contribution in [0.4, 0.5) is 0 Å². The number of nitrogens with one attached hydrogen (secondary N) is 1. The highest BCUT2D eigenvalue weighted by Gasteiger charge is 2.08. The van der Waals surface area contributed by atoms with E-state index >= 15 is 0 Å². The summed E-state index contributed by atoms with van der Waals surface area (Å²) < 4.78 is 0. The van der Waals surface area contributed by atoms with Gasteiger partial charge in [-0.3, -0.25) is 0 Å². The summed E-state index contributed by atoms with van der Waals surface area (Å²) in [7, 11) is 0. The molecule has 0 fully saturated rings. The topological polar surface area (TPSA) is 41.6 Å². The van der Waals surface area contributed by atoms with E-state index in [9.17, 15) is 0 Å². The van der Waals surface area contributed by atoms with E-state index in [4.69, 9.17) is 11.6 Å². The fourth-order valence-corrected chi connectivity index (χ4v) is 2.46. The third-order valence-electron chi connectivity index (χ3n) is 2.12. The van der Waals surface area contributed by atoms with Crippen molar-refractivity contribution in [3.63, 3.8) is 0 Å². The van der Waals surface area contributed by atoms with Gasteiger partial charge in [-0.15, -0.1) is 11.3 Å². The van der Waals surface area contributed by atoms with Gasteiger partial charge in [0.2, 0.25) is 0 Å². The zero-order chi connectivity index (χ0) is 10.3. The molecule has 3 aromatic heterocycles. The first-order valence-electron chi connectivity index (χ1n) is 4.39. The van der Waals surface area contributed by atoms with E-state index in [1.54, 1.807) is 11.3 Å². The van der Waals surface area contributed by atoms with Crippen LogP contribution >= 0.6 is 22.9 Å².